The van der Waals surface area contributed by atoms with Crippen LogP contribution in [0.2, 0.25) is 0 Å². The maximum Gasteiger partial charge on any atom is 0.328 e. The highest BCUT2D eigenvalue weighted by molar-refractivity contribution is 5.84. The fourth-order valence-corrected chi connectivity index (χ4v) is 3.32. The Morgan fingerprint density at radius 3 is 2.30 bits per heavy atom. The predicted octanol–water partition coefficient (Wildman–Crippen LogP) is 0.864. The number of guanidine groups is 1. The molecule has 2 heterocycles. The molecule has 2 aliphatic rings. The zero-order valence-electron chi connectivity index (χ0n) is 17.1. The summed E-state index contributed by atoms with van der Waals surface area (Å²) in [5.74, 6) is 0.678. The molecule has 0 radical (unpaired) electrons. The number of amides is 1. The first-order valence-corrected chi connectivity index (χ1v) is 9.92. The maximum absolute atomic E-state index is 12.6. The first-order chi connectivity index (χ1) is 12.8. The normalized spacial score (nSPS) is 19.8. The Balaban J connectivity index is 1.87. The van der Waals surface area contributed by atoms with E-state index in [4.69, 9.17) is 9.47 Å². The van der Waals surface area contributed by atoms with E-state index < -0.39 is 5.60 Å². The van der Waals surface area contributed by atoms with E-state index in [2.05, 4.69) is 15.2 Å². The van der Waals surface area contributed by atoms with E-state index in [0.29, 0.717) is 32.3 Å². The zero-order chi connectivity index (χ0) is 19.9. The molecule has 0 saturated carbocycles. The number of likely N-dealkylation sites (tertiary alicyclic amines) is 1. The minimum Gasteiger partial charge on any atom is -0.459 e. The molecule has 1 amide bonds. The lowest BCUT2D eigenvalue weighted by Gasteiger charge is -2.36. The topological polar surface area (TPSA) is 83.5 Å². The number of carbonyl (C=O) groups excluding carboxylic acids is 2. The Bertz CT molecular complexity index is 530. The van der Waals surface area contributed by atoms with Gasteiger partial charge in [0.25, 0.3) is 0 Å². The van der Waals surface area contributed by atoms with Gasteiger partial charge in [-0.05, 0) is 40.5 Å². The quantitative estimate of drug-likeness (QED) is 0.441. The predicted molar refractivity (Wildman–Crippen MR) is 104 cm³/mol. The van der Waals surface area contributed by atoms with Crippen LogP contribution >= 0.6 is 0 Å². The van der Waals surface area contributed by atoms with E-state index >= 15 is 0 Å². The van der Waals surface area contributed by atoms with Gasteiger partial charge in [0.1, 0.15) is 12.1 Å². The lowest BCUT2D eigenvalue weighted by Crippen LogP contribution is -2.50. The van der Waals surface area contributed by atoms with Gasteiger partial charge in [0.05, 0.1) is 13.2 Å². The minimum absolute atomic E-state index is 0.00770. The number of ether oxygens (including phenoxy) is 2. The van der Waals surface area contributed by atoms with Crippen molar-refractivity contribution < 1.29 is 19.1 Å². The summed E-state index contributed by atoms with van der Waals surface area (Å²) in [7, 11) is 0. The standard InChI is InChI=1S/C19H34N4O4/c1-5-20-18(21-14-16(24)27-19(2,3)4)23-8-6-15(7-9-23)17(25)22-10-12-26-13-11-22/h15H,5-14H2,1-4H3,(H,20,21). The van der Waals surface area contributed by atoms with Crippen LogP contribution in [0.3, 0.4) is 0 Å². The van der Waals surface area contributed by atoms with Gasteiger partial charge >= 0.3 is 5.97 Å². The van der Waals surface area contributed by atoms with E-state index in [0.717, 1.165) is 32.5 Å². The van der Waals surface area contributed by atoms with Gasteiger partial charge in [-0.1, -0.05) is 0 Å². The SMILES string of the molecule is CCNC(=NCC(=O)OC(C)(C)C)N1CCC(C(=O)N2CCOCC2)CC1. The van der Waals surface area contributed by atoms with Crippen molar-refractivity contribution in [3.63, 3.8) is 0 Å². The first kappa shape index (κ1) is 21.5. The fraction of sp³-hybridized carbons (Fsp3) is 0.842. The van der Waals surface area contributed by atoms with E-state index in [1.54, 1.807) is 0 Å². The second kappa shape index (κ2) is 9.92. The van der Waals surface area contributed by atoms with Crippen molar-refractivity contribution in [1.82, 2.24) is 15.1 Å². The van der Waals surface area contributed by atoms with Crippen molar-refractivity contribution in [2.45, 2.75) is 46.1 Å². The molecule has 0 unspecified atom stereocenters. The third-order valence-corrected chi connectivity index (χ3v) is 4.58. The molecule has 0 aromatic carbocycles. The summed E-state index contributed by atoms with van der Waals surface area (Å²) in [6, 6.07) is 0. The largest absolute Gasteiger partial charge is 0.459 e. The molecule has 2 fully saturated rings. The first-order valence-electron chi connectivity index (χ1n) is 9.92. The Morgan fingerprint density at radius 1 is 1.11 bits per heavy atom. The molecule has 0 bridgehead atoms. The van der Waals surface area contributed by atoms with Crippen molar-refractivity contribution in [2.75, 3.05) is 52.5 Å². The Morgan fingerprint density at radius 2 is 1.74 bits per heavy atom. The molecule has 0 spiro atoms. The Hall–Kier alpha value is -1.83. The molecule has 8 nitrogen and oxygen atoms in total. The van der Waals surface area contributed by atoms with Crippen molar-refractivity contribution in [1.29, 1.82) is 0 Å². The molecule has 0 aliphatic carbocycles. The number of piperidine rings is 1. The van der Waals surface area contributed by atoms with Crippen LogP contribution in [0.25, 0.3) is 0 Å². The lowest BCUT2D eigenvalue weighted by atomic mass is 9.95. The van der Waals surface area contributed by atoms with E-state index in [1.165, 1.54) is 0 Å². The molecule has 2 rings (SSSR count). The van der Waals surface area contributed by atoms with Gasteiger partial charge in [0.2, 0.25) is 5.91 Å². The molecule has 0 aromatic rings. The van der Waals surface area contributed by atoms with Crippen LogP contribution in [0.4, 0.5) is 0 Å². The fourth-order valence-electron chi connectivity index (χ4n) is 3.32. The number of hydrogen-bond donors (Lipinski definition) is 1. The molecule has 0 aromatic heterocycles. The van der Waals surface area contributed by atoms with Crippen LogP contribution in [0.5, 0.6) is 0 Å². The molecule has 27 heavy (non-hydrogen) atoms. The number of nitrogens with zero attached hydrogens (tertiary/aromatic N) is 3. The third-order valence-electron chi connectivity index (χ3n) is 4.58. The van der Waals surface area contributed by atoms with Gasteiger partial charge in [-0.15, -0.1) is 0 Å². The summed E-state index contributed by atoms with van der Waals surface area (Å²) >= 11 is 0. The maximum atomic E-state index is 12.6. The summed E-state index contributed by atoms with van der Waals surface area (Å²) in [5, 5.41) is 3.23. The van der Waals surface area contributed by atoms with Gasteiger partial charge in [-0.25, -0.2) is 4.99 Å². The number of rotatable bonds is 4. The highest BCUT2D eigenvalue weighted by Crippen LogP contribution is 2.20. The number of esters is 1. The molecular weight excluding hydrogens is 348 g/mol. The summed E-state index contributed by atoms with van der Waals surface area (Å²) in [6.45, 7) is 12.4. The van der Waals surface area contributed by atoms with E-state index in [-0.39, 0.29) is 24.3 Å². The molecular formula is C19H34N4O4. The van der Waals surface area contributed by atoms with Gasteiger partial charge < -0.3 is 24.6 Å². The van der Waals surface area contributed by atoms with Crippen LogP contribution in [-0.2, 0) is 19.1 Å². The third kappa shape index (κ3) is 7.01. The van der Waals surface area contributed by atoms with Gasteiger partial charge in [0.15, 0.2) is 5.96 Å². The van der Waals surface area contributed by atoms with Crippen molar-refractivity contribution in [3.05, 3.63) is 0 Å². The number of aliphatic imine (C=N–C) groups is 1. The second-order valence-corrected chi connectivity index (χ2v) is 7.96. The monoisotopic (exact) mass is 382 g/mol. The van der Waals surface area contributed by atoms with Crippen LogP contribution in [0.15, 0.2) is 4.99 Å². The molecule has 2 saturated heterocycles. The smallest absolute Gasteiger partial charge is 0.328 e. The van der Waals surface area contributed by atoms with Crippen LogP contribution in [0, 0.1) is 5.92 Å². The lowest BCUT2D eigenvalue weighted by molar-refractivity contribution is -0.152. The molecule has 8 heteroatoms. The van der Waals surface area contributed by atoms with Crippen molar-refractivity contribution in [2.24, 2.45) is 10.9 Å². The molecule has 1 N–H and O–H groups in total. The molecule has 0 atom stereocenters. The second-order valence-electron chi connectivity index (χ2n) is 7.96. The summed E-state index contributed by atoms with van der Waals surface area (Å²) in [6.07, 6.45) is 1.60. The number of morpholine rings is 1. The minimum atomic E-state index is -0.511. The average Bonchev–Trinajstić information content (AvgIpc) is 2.64. The number of hydrogen-bond acceptors (Lipinski definition) is 5. The highest BCUT2D eigenvalue weighted by Gasteiger charge is 2.30. The van der Waals surface area contributed by atoms with E-state index in [1.807, 2.05) is 32.6 Å². The van der Waals surface area contributed by atoms with Gasteiger partial charge in [-0.2, -0.15) is 0 Å². The number of nitrogens with one attached hydrogen (secondary N) is 1. The summed E-state index contributed by atoms with van der Waals surface area (Å²) < 4.78 is 10.6. The Kier molecular flexibility index (Phi) is 7.89. The van der Waals surface area contributed by atoms with Gasteiger partial charge in [-0.3, -0.25) is 9.59 Å². The molecule has 154 valence electrons. The van der Waals surface area contributed by atoms with E-state index in [9.17, 15) is 9.59 Å². The van der Waals surface area contributed by atoms with Crippen LogP contribution in [0.1, 0.15) is 40.5 Å². The summed E-state index contributed by atoms with van der Waals surface area (Å²) in [4.78, 5) is 33.0. The van der Waals surface area contributed by atoms with Crippen LogP contribution < -0.4 is 5.32 Å². The van der Waals surface area contributed by atoms with Crippen LogP contribution in [-0.4, -0.2) is 85.7 Å². The van der Waals surface area contributed by atoms with Crippen molar-refractivity contribution >= 4 is 17.8 Å². The highest BCUT2D eigenvalue weighted by atomic mass is 16.6. The van der Waals surface area contributed by atoms with Crippen molar-refractivity contribution in [3.8, 4) is 0 Å². The zero-order valence-corrected chi connectivity index (χ0v) is 17.1. The average molecular weight is 383 g/mol. The summed E-state index contributed by atoms with van der Waals surface area (Å²) in [5.41, 5.74) is -0.511. The number of carbonyl (C=O) groups is 2. The Labute approximate surface area is 162 Å². The molecule has 2 aliphatic heterocycles. The van der Waals surface area contributed by atoms with Gasteiger partial charge in [0, 0.05) is 38.6 Å².